The van der Waals surface area contributed by atoms with Gasteiger partial charge in [0.1, 0.15) is 11.4 Å². The minimum atomic E-state index is -0.343. The van der Waals surface area contributed by atoms with Crippen molar-refractivity contribution < 1.29 is 4.79 Å². The summed E-state index contributed by atoms with van der Waals surface area (Å²) in [5, 5.41) is 0. The highest BCUT2D eigenvalue weighted by atomic mass is 16.2. The number of likely N-dealkylation sites (tertiary alicyclic amines) is 1. The first-order chi connectivity index (χ1) is 9.99. The van der Waals surface area contributed by atoms with E-state index in [0.29, 0.717) is 5.82 Å². The van der Waals surface area contributed by atoms with Gasteiger partial charge >= 0.3 is 0 Å². The second-order valence-corrected chi connectivity index (χ2v) is 5.95. The summed E-state index contributed by atoms with van der Waals surface area (Å²) < 4.78 is 0. The van der Waals surface area contributed by atoms with Crippen molar-refractivity contribution in [2.45, 2.75) is 38.6 Å². The molecule has 2 heterocycles. The number of piperidine rings is 1. The topological polar surface area (TPSA) is 69.3 Å². The number of aromatic nitrogens is 2. The summed E-state index contributed by atoms with van der Waals surface area (Å²) in [4.78, 5) is 35.2. The Balaban J connectivity index is 2.16. The smallest absolute Gasteiger partial charge is 0.263 e. The molecule has 2 rings (SSSR count). The lowest BCUT2D eigenvalue weighted by molar-refractivity contribution is 0.0589. The molecule has 0 bridgehead atoms. The third-order valence-electron chi connectivity index (χ3n) is 3.95. The van der Waals surface area contributed by atoms with Gasteiger partial charge in [-0.25, -0.2) is 4.98 Å². The van der Waals surface area contributed by atoms with Crippen molar-refractivity contribution in [3.63, 3.8) is 0 Å². The first kappa shape index (κ1) is 15.7. The number of nitrogens with one attached hydrogen (secondary N) is 1. The number of H-pyrrole nitrogens is 1. The van der Waals surface area contributed by atoms with Crippen LogP contribution in [0.25, 0.3) is 0 Å². The molecular weight excluding hydrogens is 268 g/mol. The van der Waals surface area contributed by atoms with E-state index in [-0.39, 0.29) is 23.1 Å². The first-order valence-electron chi connectivity index (χ1n) is 7.50. The van der Waals surface area contributed by atoms with Gasteiger partial charge < -0.3 is 14.8 Å². The summed E-state index contributed by atoms with van der Waals surface area (Å²) in [5.41, 5.74) is -0.193. The van der Waals surface area contributed by atoms with Crippen LogP contribution in [-0.4, -0.2) is 58.9 Å². The molecule has 1 aromatic rings. The number of hydrogen-bond acceptors (Lipinski definition) is 4. The maximum atomic E-state index is 12.6. The molecule has 1 aromatic heterocycles. The van der Waals surface area contributed by atoms with Crippen LogP contribution in [0.5, 0.6) is 0 Å². The normalized spacial score (nSPS) is 19.0. The van der Waals surface area contributed by atoms with Gasteiger partial charge in [-0.1, -0.05) is 0 Å². The highest BCUT2D eigenvalue weighted by Crippen LogP contribution is 2.21. The van der Waals surface area contributed by atoms with Crippen molar-refractivity contribution in [3.05, 3.63) is 27.9 Å². The van der Waals surface area contributed by atoms with Gasteiger partial charge in [-0.2, -0.15) is 0 Å². The zero-order valence-corrected chi connectivity index (χ0v) is 13.1. The van der Waals surface area contributed by atoms with Gasteiger partial charge in [0.25, 0.3) is 11.5 Å². The van der Waals surface area contributed by atoms with Crippen LogP contribution < -0.4 is 5.56 Å². The molecule has 1 aliphatic heterocycles. The fourth-order valence-electron chi connectivity index (χ4n) is 2.77. The average molecular weight is 292 g/mol. The van der Waals surface area contributed by atoms with Crippen LogP contribution in [0.4, 0.5) is 0 Å². The molecule has 6 nitrogen and oxygen atoms in total. The Hall–Kier alpha value is -1.69. The Kier molecular flexibility index (Phi) is 5.12. The van der Waals surface area contributed by atoms with Crippen molar-refractivity contribution in [1.82, 2.24) is 19.8 Å². The number of hydrogen-bond donors (Lipinski definition) is 1. The fourth-order valence-corrected chi connectivity index (χ4v) is 2.77. The molecule has 0 saturated carbocycles. The minimum Gasteiger partial charge on any atom is -0.335 e. The molecule has 116 valence electrons. The largest absolute Gasteiger partial charge is 0.335 e. The Bertz CT molecular complexity index is 553. The molecular formula is C15H24N4O2. The Morgan fingerprint density at radius 1 is 1.48 bits per heavy atom. The van der Waals surface area contributed by atoms with Gasteiger partial charge in [0.05, 0.1) is 0 Å². The van der Waals surface area contributed by atoms with Gasteiger partial charge in [-0.3, -0.25) is 9.59 Å². The number of rotatable bonds is 4. The predicted octanol–water partition coefficient (Wildman–Crippen LogP) is 1.02. The number of aryl methyl sites for hydroxylation is 1. The van der Waals surface area contributed by atoms with Crippen LogP contribution in [-0.2, 0) is 0 Å². The summed E-state index contributed by atoms with van der Waals surface area (Å²) in [5.74, 6) is 0.339. The van der Waals surface area contributed by atoms with E-state index in [1.807, 2.05) is 19.0 Å². The van der Waals surface area contributed by atoms with Crippen LogP contribution >= 0.6 is 0 Å². The molecule has 1 saturated heterocycles. The van der Waals surface area contributed by atoms with E-state index >= 15 is 0 Å². The molecule has 1 amide bonds. The van der Waals surface area contributed by atoms with Crippen molar-refractivity contribution in [2.24, 2.45) is 0 Å². The number of carbonyl (C=O) groups is 1. The minimum absolute atomic E-state index is 0.150. The van der Waals surface area contributed by atoms with E-state index in [1.165, 1.54) is 6.20 Å². The molecule has 1 N–H and O–H groups in total. The van der Waals surface area contributed by atoms with Crippen molar-refractivity contribution >= 4 is 5.91 Å². The third-order valence-corrected chi connectivity index (χ3v) is 3.95. The molecule has 0 radical (unpaired) electrons. The molecule has 0 aromatic carbocycles. The van der Waals surface area contributed by atoms with E-state index in [9.17, 15) is 9.59 Å². The van der Waals surface area contributed by atoms with E-state index in [1.54, 1.807) is 6.92 Å². The van der Waals surface area contributed by atoms with E-state index < -0.39 is 0 Å². The Morgan fingerprint density at radius 3 is 2.90 bits per heavy atom. The Morgan fingerprint density at radius 2 is 2.24 bits per heavy atom. The van der Waals surface area contributed by atoms with Crippen LogP contribution in [0.3, 0.4) is 0 Å². The number of nitrogens with zero attached hydrogens (tertiary/aromatic N) is 3. The summed E-state index contributed by atoms with van der Waals surface area (Å²) in [6, 6.07) is 0.217. The molecule has 1 atom stereocenters. The predicted molar refractivity (Wildman–Crippen MR) is 81.4 cm³/mol. The fraction of sp³-hybridized carbons (Fsp3) is 0.667. The van der Waals surface area contributed by atoms with Crippen LogP contribution in [0, 0.1) is 6.92 Å². The van der Waals surface area contributed by atoms with E-state index in [2.05, 4.69) is 14.9 Å². The van der Waals surface area contributed by atoms with Gasteiger partial charge in [0, 0.05) is 18.8 Å². The average Bonchev–Trinajstić information content (AvgIpc) is 2.45. The van der Waals surface area contributed by atoms with E-state index in [4.69, 9.17) is 0 Å². The van der Waals surface area contributed by atoms with Gasteiger partial charge in [0.2, 0.25) is 0 Å². The molecule has 1 unspecified atom stereocenters. The van der Waals surface area contributed by atoms with Crippen LogP contribution in [0.15, 0.2) is 11.0 Å². The maximum Gasteiger partial charge on any atom is 0.263 e. The maximum absolute atomic E-state index is 12.6. The second-order valence-electron chi connectivity index (χ2n) is 5.95. The quantitative estimate of drug-likeness (QED) is 0.899. The number of amides is 1. The van der Waals surface area contributed by atoms with E-state index in [0.717, 1.165) is 38.8 Å². The second kappa shape index (κ2) is 6.85. The Labute approximate surface area is 125 Å². The zero-order chi connectivity index (χ0) is 15.4. The number of aromatic amines is 1. The SMILES string of the molecule is Cc1ncc(C(=O)N2CCCCC2CCN(C)C)c(=O)[nH]1. The summed E-state index contributed by atoms with van der Waals surface area (Å²) >= 11 is 0. The highest BCUT2D eigenvalue weighted by Gasteiger charge is 2.28. The zero-order valence-electron chi connectivity index (χ0n) is 13.1. The standard InChI is InChI=1S/C15H24N4O2/c1-11-16-10-13(14(20)17-11)15(21)19-8-5-4-6-12(19)7-9-18(2)3/h10,12H,4-9H2,1-3H3,(H,16,17,20). The lowest BCUT2D eigenvalue weighted by atomic mass is 9.98. The van der Waals surface area contributed by atoms with Crippen molar-refractivity contribution in [2.75, 3.05) is 27.2 Å². The summed E-state index contributed by atoms with van der Waals surface area (Å²) in [6.07, 6.45) is 5.49. The van der Waals surface area contributed by atoms with Crippen LogP contribution in [0.2, 0.25) is 0 Å². The van der Waals surface area contributed by atoms with Crippen molar-refractivity contribution in [1.29, 1.82) is 0 Å². The third kappa shape index (κ3) is 3.91. The monoisotopic (exact) mass is 292 g/mol. The van der Waals surface area contributed by atoms with Gasteiger partial charge in [0.15, 0.2) is 0 Å². The van der Waals surface area contributed by atoms with Gasteiger partial charge in [-0.15, -0.1) is 0 Å². The number of carbonyl (C=O) groups excluding carboxylic acids is 1. The molecule has 21 heavy (non-hydrogen) atoms. The molecule has 6 heteroatoms. The van der Waals surface area contributed by atoms with Gasteiger partial charge in [-0.05, 0) is 53.2 Å². The molecule has 1 aliphatic rings. The van der Waals surface area contributed by atoms with Crippen LogP contribution in [0.1, 0.15) is 41.9 Å². The molecule has 0 aliphatic carbocycles. The highest BCUT2D eigenvalue weighted by molar-refractivity contribution is 5.93. The lowest BCUT2D eigenvalue weighted by Gasteiger charge is -2.36. The molecule has 1 fully saturated rings. The summed E-state index contributed by atoms with van der Waals surface area (Å²) in [7, 11) is 4.06. The lowest BCUT2D eigenvalue weighted by Crippen LogP contribution is -2.46. The summed E-state index contributed by atoms with van der Waals surface area (Å²) in [6.45, 7) is 3.37. The first-order valence-corrected chi connectivity index (χ1v) is 7.50. The van der Waals surface area contributed by atoms with Crippen molar-refractivity contribution in [3.8, 4) is 0 Å². The molecule has 0 spiro atoms.